The predicted molar refractivity (Wildman–Crippen MR) is 142 cm³/mol. The van der Waals surface area contributed by atoms with Crippen LogP contribution in [0.2, 0.25) is 0 Å². The molecule has 188 valence electrons. The van der Waals surface area contributed by atoms with Gasteiger partial charge in [-0.2, -0.15) is 4.31 Å². The number of amides is 1. The quantitative estimate of drug-likeness (QED) is 0.424. The molecule has 0 bridgehead atoms. The van der Waals surface area contributed by atoms with Gasteiger partial charge in [0.1, 0.15) is 0 Å². The van der Waals surface area contributed by atoms with Crippen LogP contribution >= 0.6 is 11.3 Å². The molecule has 4 rings (SSSR count). The van der Waals surface area contributed by atoms with E-state index in [1.807, 2.05) is 48.2 Å². The zero-order valence-corrected chi connectivity index (χ0v) is 22.3. The molecule has 1 fully saturated rings. The third-order valence-electron chi connectivity index (χ3n) is 6.78. The molecule has 0 radical (unpaired) electrons. The predicted octanol–water partition coefficient (Wildman–Crippen LogP) is 4.38. The van der Waals surface area contributed by atoms with E-state index in [4.69, 9.17) is 4.98 Å². The summed E-state index contributed by atoms with van der Waals surface area (Å²) in [6, 6.07) is 14.9. The SMILES string of the molecule is CCN(CC)CCN(C(=O)C1CCN(S(=O)(=O)c2ccc(C)cc2)CC1)c1nc2ccccc2s1. The van der Waals surface area contributed by atoms with Crippen LogP contribution in [0.1, 0.15) is 32.3 Å². The van der Waals surface area contributed by atoms with E-state index in [0.29, 0.717) is 37.4 Å². The average molecular weight is 515 g/mol. The Morgan fingerprint density at radius 2 is 1.69 bits per heavy atom. The van der Waals surface area contributed by atoms with Crippen LogP contribution in [-0.4, -0.2) is 67.8 Å². The van der Waals surface area contributed by atoms with Gasteiger partial charge in [0.05, 0.1) is 15.1 Å². The monoisotopic (exact) mass is 514 g/mol. The normalized spacial score (nSPS) is 15.7. The van der Waals surface area contributed by atoms with Crippen LogP contribution in [0.4, 0.5) is 5.13 Å². The van der Waals surface area contributed by atoms with E-state index in [9.17, 15) is 13.2 Å². The number of carbonyl (C=O) groups excluding carboxylic acids is 1. The molecular weight excluding hydrogens is 480 g/mol. The second-order valence-electron chi connectivity index (χ2n) is 8.97. The summed E-state index contributed by atoms with van der Waals surface area (Å²) < 4.78 is 28.8. The Labute approximate surface area is 212 Å². The molecule has 0 aliphatic carbocycles. The number of carbonyl (C=O) groups is 1. The summed E-state index contributed by atoms with van der Waals surface area (Å²) in [5.74, 6) is -0.174. The summed E-state index contributed by atoms with van der Waals surface area (Å²) >= 11 is 1.54. The first-order valence-electron chi connectivity index (χ1n) is 12.3. The third-order valence-corrected chi connectivity index (χ3v) is 9.75. The number of aromatic nitrogens is 1. The molecule has 2 heterocycles. The van der Waals surface area contributed by atoms with Gasteiger partial charge in [-0.25, -0.2) is 13.4 Å². The highest BCUT2D eigenvalue weighted by Crippen LogP contribution is 2.32. The lowest BCUT2D eigenvalue weighted by Gasteiger charge is -2.33. The maximum absolute atomic E-state index is 13.7. The van der Waals surface area contributed by atoms with Gasteiger partial charge in [-0.1, -0.05) is 55.0 Å². The van der Waals surface area contributed by atoms with Crippen LogP contribution in [0.15, 0.2) is 53.4 Å². The molecule has 2 aromatic carbocycles. The standard InChI is InChI=1S/C26H34N4O3S2/c1-4-28(5-2)18-19-30(26-27-23-8-6-7-9-24(23)34-26)25(31)21-14-16-29(17-15-21)35(32,33)22-12-10-20(3)11-13-22/h6-13,21H,4-5,14-19H2,1-3H3. The number of thiazole rings is 1. The summed E-state index contributed by atoms with van der Waals surface area (Å²) in [7, 11) is -3.55. The number of hydrogen-bond donors (Lipinski definition) is 0. The molecule has 9 heteroatoms. The van der Waals surface area contributed by atoms with Gasteiger partial charge < -0.3 is 4.90 Å². The summed E-state index contributed by atoms with van der Waals surface area (Å²) in [5, 5.41) is 0.720. The average Bonchev–Trinajstić information content (AvgIpc) is 3.30. The molecule has 3 aromatic rings. The van der Waals surface area contributed by atoms with E-state index in [-0.39, 0.29) is 11.8 Å². The van der Waals surface area contributed by atoms with Crippen LogP contribution in [-0.2, 0) is 14.8 Å². The number of aryl methyl sites for hydroxylation is 1. The Balaban J connectivity index is 1.49. The van der Waals surface area contributed by atoms with Gasteiger partial charge in [-0.15, -0.1) is 0 Å². The molecule has 1 aromatic heterocycles. The molecule has 35 heavy (non-hydrogen) atoms. The summed E-state index contributed by atoms with van der Waals surface area (Å²) in [5.41, 5.74) is 1.92. The van der Waals surface area contributed by atoms with E-state index >= 15 is 0 Å². The summed E-state index contributed by atoms with van der Waals surface area (Å²) in [6.07, 6.45) is 1.02. The minimum atomic E-state index is -3.55. The second kappa shape index (κ2) is 11.2. The first-order chi connectivity index (χ1) is 16.8. The first kappa shape index (κ1) is 25.8. The van der Waals surface area contributed by atoms with Gasteiger partial charge in [0, 0.05) is 32.1 Å². The molecular formula is C26H34N4O3S2. The van der Waals surface area contributed by atoms with Crippen molar-refractivity contribution in [2.75, 3.05) is 44.2 Å². The maximum Gasteiger partial charge on any atom is 0.243 e. The molecule has 0 spiro atoms. The molecule has 1 amide bonds. The lowest BCUT2D eigenvalue weighted by atomic mass is 9.96. The van der Waals surface area contributed by atoms with E-state index < -0.39 is 10.0 Å². The first-order valence-corrected chi connectivity index (χ1v) is 14.5. The maximum atomic E-state index is 13.7. The largest absolute Gasteiger partial charge is 0.302 e. The number of rotatable bonds is 9. The van der Waals surface area contributed by atoms with Crippen LogP contribution in [0.3, 0.4) is 0 Å². The van der Waals surface area contributed by atoms with Crippen molar-refractivity contribution in [3.63, 3.8) is 0 Å². The van der Waals surface area contributed by atoms with Crippen molar-refractivity contribution in [1.82, 2.24) is 14.2 Å². The fourth-order valence-electron chi connectivity index (χ4n) is 4.48. The number of piperidine rings is 1. The second-order valence-corrected chi connectivity index (χ2v) is 11.9. The highest BCUT2D eigenvalue weighted by Gasteiger charge is 2.35. The number of anilines is 1. The van der Waals surface area contributed by atoms with Crippen molar-refractivity contribution in [3.8, 4) is 0 Å². The molecule has 1 saturated heterocycles. The number of nitrogens with zero attached hydrogens (tertiary/aromatic N) is 4. The van der Waals surface area contributed by atoms with Crippen molar-refractivity contribution in [1.29, 1.82) is 0 Å². The Morgan fingerprint density at radius 1 is 1.03 bits per heavy atom. The summed E-state index contributed by atoms with van der Waals surface area (Å²) in [4.78, 5) is 22.9. The van der Waals surface area contributed by atoms with Gasteiger partial charge in [0.2, 0.25) is 15.9 Å². The molecule has 0 N–H and O–H groups in total. The number of para-hydroxylation sites is 1. The van der Waals surface area contributed by atoms with Crippen molar-refractivity contribution in [3.05, 3.63) is 54.1 Å². The van der Waals surface area contributed by atoms with Gasteiger partial charge in [-0.3, -0.25) is 9.69 Å². The lowest BCUT2D eigenvalue weighted by molar-refractivity contribution is -0.123. The molecule has 0 saturated carbocycles. The minimum absolute atomic E-state index is 0.0450. The molecule has 0 unspecified atom stereocenters. The van der Waals surface area contributed by atoms with E-state index in [1.54, 1.807) is 12.1 Å². The Hall–Kier alpha value is -2.33. The van der Waals surface area contributed by atoms with Gasteiger partial charge in [0.15, 0.2) is 5.13 Å². The van der Waals surface area contributed by atoms with Crippen molar-refractivity contribution in [2.45, 2.75) is 38.5 Å². The minimum Gasteiger partial charge on any atom is -0.302 e. The molecule has 1 aliphatic heterocycles. The lowest BCUT2D eigenvalue weighted by Crippen LogP contribution is -2.46. The molecule has 0 atom stereocenters. The topological polar surface area (TPSA) is 73.8 Å². The van der Waals surface area contributed by atoms with E-state index in [2.05, 4.69) is 18.7 Å². The number of fused-ring (bicyclic) bond motifs is 1. The Morgan fingerprint density at radius 3 is 2.31 bits per heavy atom. The summed E-state index contributed by atoms with van der Waals surface area (Å²) in [6.45, 7) is 10.1. The van der Waals surface area contributed by atoms with Gasteiger partial charge in [0.25, 0.3) is 0 Å². The van der Waals surface area contributed by atoms with Gasteiger partial charge >= 0.3 is 0 Å². The number of benzene rings is 2. The Kier molecular flexibility index (Phi) is 8.21. The number of hydrogen-bond acceptors (Lipinski definition) is 6. The van der Waals surface area contributed by atoms with E-state index in [1.165, 1.54) is 15.6 Å². The number of sulfonamides is 1. The van der Waals surface area contributed by atoms with Crippen LogP contribution in [0.5, 0.6) is 0 Å². The number of likely N-dealkylation sites (N-methyl/N-ethyl adjacent to an activating group) is 1. The van der Waals surface area contributed by atoms with Crippen molar-refractivity contribution < 1.29 is 13.2 Å². The fraction of sp³-hybridized carbons (Fsp3) is 0.462. The zero-order chi connectivity index (χ0) is 25.0. The van der Waals surface area contributed by atoms with E-state index in [0.717, 1.165) is 40.5 Å². The van der Waals surface area contributed by atoms with Gasteiger partial charge in [-0.05, 0) is 57.1 Å². The molecule has 7 nitrogen and oxygen atoms in total. The zero-order valence-electron chi connectivity index (χ0n) is 20.7. The van der Waals surface area contributed by atoms with Crippen LogP contribution in [0, 0.1) is 12.8 Å². The van der Waals surface area contributed by atoms with Crippen molar-refractivity contribution >= 4 is 42.6 Å². The van der Waals surface area contributed by atoms with Crippen LogP contribution in [0.25, 0.3) is 10.2 Å². The molecule has 1 aliphatic rings. The highest BCUT2D eigenvalue weighted by molar-refractivity contribution is 7.89. The Bertz CT molecular complexity index is 1210. The van der Waals surface area contributed by atoms with Crippen LogP contribution < -0.4 is 4.90 Å². The smallest absolute Gasteiger partial charge is 0.243 e. The highest BCUT2D eigenvalue weighted by atomic mass is 32.2. The fourth-order valence-corrected chi connectivity index (χ4v) is 6.95. The third kappa shape index (κ3) is 5.74. The van der Waals surface area contributed by atoms with Crippen molar-refractivity contribution in [2.24, 2.45) is 5.92 Å².